The van der Waals surface area contributed by atoms with Crippen LogP contribution in [0.5, 0.6) is 0 Å². The van der Waals surface area contributed by atoms with E-state index in [1.807, 2.05) is 6.92 Å². The summed E-state index contributed by atoms with van der Waals surface area (Å²) in [4.78, 5) is 24.3. The zero-order valence-corrected chi connectivity index (χ0v) is 9.94. The summed E-state index contributed by atoms with van der Waals surface area (Å²) in [6, 6.07) is 0. The van der Waals surface area contributed by atoms with Gasteiger partial charge in [0.1, 0.15) is 0 Å². The van der Waals surface area contributed by atoms with Gasteiger partial charge < -0.3 is 0 Å². The number of fused-ring (bicyclic) bond motifs is 1. The Balaban J connectivity index is 2.55. The van der Waals surface area contributed by atoms with Gasteiger partial charge in [0.15, 0.2) is 0 Å². The average molecular weight is 277 g/mol. The number of halogens is 1. The van der Waals surface area contributed by atoms with E-state index in [1.165, 1.54) is 0 Å². The minimum absolute atomic E-state index is 0.0101. The molecule has 2 aliphatic heterocycles. The van der Waals surface area contributed by atoms with Gasteiger partial charge >= 0.3 is 0 Å². The first-order valence-corrected chi connectivity index (χ1v) is 6.15. The molecule has 0 radical (unpaired) electrons. The minimum atomic E-state index is 0.0101. The van der Waals surface area contributed by atoms with Crippen molar-refractivity contribution in [1.29, 1.82) is 0 Å². The summed E-state index contributed by atoms with van der Waals surface area (Å²) < 4.78 is 0.550. The van der Waals surface area contributed by atoms with Crippen molar-refractivity contribution >= 4 is 49.7 Å². The molecule has 5 heteroatoms. The molecule has 2 nitrogen and oxygen atoms in total. The predicted molar refractivity (Wildman–Crippen MR) is 58.5 cm³/mol. The lowest BCUT2D eigenvalue weighted by atomic mass is 10.2. The smallest absolute Gasteiger partial charge is 0.232 e. The zero-order valence-electron chi connectivity index (χ0n) is 6.72. The molecule has 0 saturated heterocycles. The second kappa shape index (κ2) is 3.29. The lowest BCUT2D eigenvalue weighted by Crippen LogP contribution is -1.92. The number of rotatable bonds is 1. The van der Waals surface area contributed by atoms with Crippen molar-refractivity contribution < 1.29 is 9.59 Å². The molecule has 0 N–H and O–H groups in total. The monoisotopic (exact) mass is 276 g/mol. The maximum Gasteiger partial charge on any atom is 0.232 e. The summed E-state index contributed by atoms with van der Waals surface area (Å²) in [7, 11) is 0. The number of hydrogen-bond donors (Lipinski definition) is 0. The maximum absolute atomic E-state index is 11.4. The van der Waals surface area contributed by atoms with Crippen molar-refractivity contribution in [1.82, 2.24) is 0 Å². The van der Waals surface area contributed by atoms with Crippen LogP contribution in [0.2, 0.25) is 0 Å². The summed E-state index contributed by atoms with van der Waals surface area (Å²) in [6.07, 6.45) is 0.700. The Hall–Kier alpha value is -0.000000000000000111. The van der Waals surface area contributed by atoms with Crippen LogP contribution in [0.4, 0.5) is 0 Å². The molecule has 2 heterocycles. The Morgan fingerprint density at radius 1 is 1.15 bits per heavy atom. The lowest BCUT2D eigenvalue weighted by molar-refractivity contribution is -0.108. The van der Waals surface area contributed by atoms with Gasteiger partial charge in [-0.2, -0.15) is 0 Å². The fraction of sp³-hybridized carbons (Fsp3) is 0.250. The molecule has 0 spiro atoms. The highest BCUT2D eigenvalue weighted by atomic mass is 79.9. The van der Waals surface area contributed by atoms with Gasteiger partial charge in [0.05, 0.1) is 4.48 Å². The van der Waals surface area contributed by atoms with Crippen LogP contribution in [0.15, 0.2) is 19.9 Å². The van der Waals surface area contributed by atoms with Crippen LogP contribution >= 0.6 is 39.5 Å². The number of carbonyl (C=O) groups is 2. The molecule has 0 fully saturated rings. The molecule has 0 saturated carbocycles. The minimum Gasteiger partial charge on any atom is -0.282 e. The van der Waals surface area contributed by atoms with Gasteiger partial charge in [-0.1, -0.05) is 6.92 Å². The second-order valence-electron chi connectivity index (χ2n) is 2.58. The number of hydrogen-bond acceptors (Lipinski definition) is 4. The summed E-state index contributed by atoms with van der Waals surface area (Å²) in [5, 5.41) is 0.0976. The SMILES string of the molecule is CCC1=C2SC(=O)C(Br)=C2SC1=O. The van der Waals surface area contributed by atoms with E-state index in [4.69, 9.17) is 0 Å². The quantitative estimate of drug-likeness (QED) is 0.738. The number of carbonyl (C=O) groups excluding carboxylic acids is 2. The van der Waals surface area contributed by atoms with Crippen molar-refractivity contribution in [2.75, 3.05) is 0 Å². The molecule has 68 valence electrons. The largest absolute Gasteiger partial charge is 0.282 e. The first-order valence-electron chi connectivity index (χ1n) is 3.72. The molecule has 2 rings (SSSR count). The molecule has 0 aliphatic carbocycles. The molecule has 13 heavy (non-hydrogen) atoms. The molecule has 0 bridgehead atoms. The van der Waals surface area contributed by atoms with Gasteiger partial charge in [-0.25, -0.2) is 0 Å². The van der Waals surface area contributed by atoms with E-state index in [1.54, 1.807) is 0 Å². The second-order valence-corrected chi connectivity index (χ2v) is 5.34. The highest BCUT2D eigenvalue weighted by Crippen LogP contribution is 2.53. The van der Waals surface area contributed by atoms with Crippen molar-refractivity contribution in [3.63, 3.8) is 0 Å². The average Bonchev–Trinajstić information content (AvgIpc) is 2.52. The van der Waals surface area contributed by atoms with Gasteiger partial charge in [0.25, 0.3) is 0 Å². The molecule has 0 aromatic rings. The Labute approximate surface area is 92.3 Å². The summed E-state index contributed by atoms with van der Waals surface area (Å²) in [5.41, 5.74) is 0.785. The third-order valence-electron chi connectivity index (χ3n) is 1.85. The zero-order chi connectivity index (χ0) is 9.59. The lowest BCUT2D eigenvalue weighted by Gasteiger charge is -1.94. The van der Waals surface area contributed by atoms with Crippen LogP contribution in [-0.2, 0) is 9.59 Å². The fourth-order valence-corrected chi connectivity index (χ4v) is 4.30. The Morgan fingerprint density at radius 2 is 1.77 bits per heavy atom. The van der Waals surface area contributed by atoms with E-state index in [9.17, 15) is 9.59 Å². The Morgan fingerprint density at radius 3 is 2.38 bits per heavy atom. The van der Waals surface area contributed by atoms with Gasteiger partial charge in [-0.3, -0.25) is 9.59 Å². The van der Waals surface area contributed by atoms with Gasteiger partial charge in [0.2, 0.25) is 10.2 Å². The van der Waals surface area contributed by atoms with E-state index < -0.39 is 0 Å². The summed E-state index contributed by atoms with van der Waals surface area (Å²) >= 11 is 5.51. The molecule has 0 unspecified atom stereocenters. The predicted octanol–water partition coefficient (Wildman–Crippen LogP) is 2.80. The molecule has 0 atom stereocenters. The highest BCUT2D eigenvalue weighted by molar-refractivity contribution is 9.12. The van der Waals surface area contributed by atoms with E-state index in [2.05, 4.69) is 15.9 Å². The van der Waals surface area contributed by atoms with Crippen molar-refractivity contribution in [2.45, 2.75) is 13.3 Å². The Bertz CT molecular complexity index is 382. The third-order valence-corrected chi connectivity index (χ3v) is 5.35. The summed E-state index contributed by atoms with van der Waals surface area (Å²) in [6.45, 7) is 1.93. The standard InChI is InChI=1S/C8H5BrO2S2/c1-2-3-5-6(13-7(3)10)4(9)8(11)12-5/h2H2,1H3. The van der Waals surface area contributed by atoms with Gasteiger partial charge in [-0.05, 0) is 45.9 Å². The third kappa shape index (κ3) is 1.33. The van der Waals surface area contributed by atoms with E-state index in [0.29, 0.717) is 10.9 Å². The fourth-order valence-electron chi connectivity index (χ4n) is 1.22. The van der Waals surface area contributed by atoms with Gasteiger partial charge in [-0.15, -0.1) is 0 Å². The topological polar surface area (TPSA) is 34.1 Å². The van der Waals surface area contributed by atoms with Crippen LogP contribution < -0.4 is 0 Å². The molecular weight excluding hydrogens is 272 g/mol. The van der Waals surface area contributed by atoms with Crippen LogP contribution in [-0.4, -0.2) is 10.2 Å². The Kier molecular flexibility index (Phi) is 2.42. The number of thioether (sulfide) groups is 2. The molecular formula is C8H5BrO2S2. The van der Waals surface area contributed by atoms with Crippen molar-refractivity contribution in [3.8, 4) is 0 Å². The molecule has 0 amide bonds. The van der Waals surface area contributed by atoms with E-state index in [-0.39, 0.29) is 10.2 Å². The molecule has 2 aliphatic rings. The van der Waals surface area contributed by atoms with Crippen molar-refractivity contribution in [3.05, 3.63) is 19.9 Å². The molecule has 0 aromatic carbocycles. The summed E-state index contributed by atoms with van der Waals surface area (Å²) in [5.74, 6) is 0. The normalized spacial score (nSPS) is 22.0. The van der Waals surface area contributed by atoms with Crippen LogP contribution in [0.25, 0.3) is 0 Å². The van der Waals surface area contributed by atoms with Crippen molar-refractivity contribution in [2.24, 2.45) is 0 Å². The van der Waals surface area contributed by atoms with E-state index in [0.717, 1.165) is 38.9 Å². The highest BCUT2D eigenvalue weighted by Gasteiger charge is 2.37. The molecule has 0 aromatic heterocycles. The van der Waals surface area contributed by atoms with Crippen LogP contribution in [0.1, 0.15) is 13.3 Å². The maximum atomic E-state index is 11.4. The first kappa shape index (κ1) is 9.55. The van der Waals surface area contributed by atoms with Crippen LogP contribution in [0, 0.1) is 0 Å². The van der Waals surface area contributed by atoms with Crippen LogP contribution in [0.3, 0.4) is 0 Å². The first-order chi connectivity index (χ1) is 6.15. The van der Waals surface area contributed by atoms with Gasteiger partial charge in [0, 0.05) is 15.4 Å². The van der Waals surface area contributed by atoms with E-state index >= 15 is 0 Å².